The quantitative estimate of drug-likeness (QED) is 0.776. The molecule has 4 nitrogen and oxygen atoms in total. The van der Waals surface area contributed by atoms with Gasteiger partial charge in [0.15, 0.2) is 0 Å². The van der Waals surface area contributed by atoms with Gasteiger partial charge in [-0.05, 0) is 17.5 Å². The second-order valence-corrected chi connectivity index (χ2v) is 4.20. The molecule has 4 heteroatoms. The van der Waals surface area contributed by atoms with Crippen molar-refractivity contribution < 1.29 is 9.90 Å². The number of fused-ring (bicyclic) bond motifs is 1. The molecule has 0 bridgehead atoms. The molecule has 0 aromatic heterocycles. The van der Waals surface area contributed by atoms with E-state index in [1.807, 2.05) is 12.1 Å². The lowest BCUT2D eigenvalue weighted by molar-refractivity contribution is -0.139. The van der Waals surface area contributed by atoms with Gasteiger partial charge in [-0.3, -0.25) is 9.69 Å². The molecule has 1 heterocycles. The Labute approximate surface area is 94.7 Å². The number of nitrogens with zero attached hydrogens (tertiary/aromatic N) is 1. The smallest absolute Gasteiger partial charge is 0.321 e. The fraction of sp³-hybridized carbons (Fsp3) is 0.417. The topological polar surface area (TPSA) is 66.6 Å². The summed E-state index contributed by atoms with van der Waals surface area (Å²) in [4.78, 5) is 12.8. The van der Waals surface area contributed by atoms with E-state index in [9.17, 15) is 4.79 Å². The van der Waals surface area contributed by atoms with Gasteiger partial charge in [0.1, 0.15) is 6.04 Å². The van der Waals surface area contributed by atoms with Gasteiger partial charge in [-0.2, -0.15) is 0 Å². The Morgan fingerprint density at radius 3 is 2.81 bits per heavy atom. The fourth-order valence-electron chi connectivity index (χ4n) is 2.07. The highest BCUT2D eigenvalue weighted by molar-refractivity contribution is 5.73. The molecule has 1 aromatic carbocycles. The van der Waals surface area contributed by atoms with Crippen molar-refractivity contribution in [2.24, 2.45) is 5.73 Å². The lowest BCUT2D eigenvalue weighted by Crippen LogP contribution is -2.44. The molecule has 0 radical (unpaired) electrons. The molecule has 1 aliphatic rings. The molecule has 1 atom stereocenters. The molecule has 0 saturated heterocycles. The van der Waals surface area contributed by atoms with E-state index in [4.69, 9.17) is 10.8 Å². The third-order valence-corrected chi connectivity index (χ3v) is 2.98. The van der Waals surface area contributed by atoms with Gasteiger partial charge in [-0.1, -0.05) is 24.3 Å². The van der Waals surface area contributed by atoms with Crippen LogP contribution >= 0.6 is 0 Å². The van der Waals surface area contributed by atoms with Crippen molar-refractivity contribution in [3.05, 3.63) is 35.4 Å². The summed E-state index contributed by atoms with van der Waals surface area (Å²) in [5.74, 6) is -0.932. The van der Waals surface area contributed by atoms with E-state index in [1.54, 1.807) is 0 Å². The first-order valence-corrected chi connectivity index (χ1v) is 5.44. The highest BCUT2D eigenvalue weighted by Gasteiger charge is 2.20. The lowest BCUT2D eigenvalue weighted by atomic mass is 9.99. The highest BCUT2D eigenvalue weighted by Crippen LogP contribution is 2.18. The SMILES string of the molecule is N[C@@H](CN1CCc2ccccc2C1)C(=O)O. The van der Waals surface area contributed by atoms with Crippen molar-refractivity contribution in [2.75, 3.05) is 13.1 Å². The summed E-state index contributed by atoms with van der Waals surface area (Å²) in [5, 5.41) is 8.76. The van der Waals surface area contributed by atoms with E-state index < -0.39 is 12.0 Å². The predicted octanol–water partition coefficient (Wildman–Crippen LogP) is 0.457. The molecule has 2 rings (SSSR count). The normalized spacial score (nSPS) is 17.8. The van der Waals surface area contributed by atoms with Crippen molar-refractivity contribution in [2.45, 2.75) is 19.0 Å². The second-order valence-electron chi connectivity index (χ2n) is 4.20. The molecule has 0 aliphatic carbocycles. The number of carboxylic acids is 1. The minimum absolute atomic E-state index is 0.420. The van der Waals surface area contributed by atoms with Gasteiger partial charge < -0.3 is 10.8 Å². The summed E-state index contributed by atoms with van der Waals surface area (Å²) < 4.78 is 0. The van der Waals surface area contributed by atoms with Crippen LogP contribution in [0.4, 0.5) is 0 Å². The Kier molecular flexibility index (Phi) is 3.22. The molecule has 1 aromatic rings. The van der Waals surface area contributed by atoms with Gasteiger partial charge in [-0.25, -0.2) is 0 Å². The van der Waals surface area contributed by atoms with E-state index in [1.165, 1.54) is 11.1 Å². The molecular weight excluding hydrogens is 204 g/mol. The Morgan fingerprint density at radius 2 is 2.12 bits per heavy atom. The van der Waals surface area contributed by atoms with Crippen LogP contribution in [-0.4, -0.2) is 35.1 Å². The van der Waals surface area contributed by atoms with Crippen LogP contribution in [0.1, 0.15) is 11.1 Å². The van der Waals surface area contributed by atoms with E-state index in [-0.39, 0.29) is 0 Å². The number of nitrogens with two attached hydrogens (primary N) is 1. The van der Waals surface area contributed by atoms with Crippen LogP contribution in [0.2, 0.25) is 0 Å². The van der Waals surface area contributed by atoms with Crippen molar-refractivity contribution in [1.29, 1.82) is 0 Å². The first-order valence-electron chi connectivity index (χ1n) is 5.44. The second kappa shape index (κ2) is 4.63. The van der Waals surface area contributed by atoms with Crippen LogP contribution in [0.15, 0.2) is 24.3 Å². The van der Waals surface area contributed by atoms with Gasteiger partial charge in [0.25, 0.3) is 0 Å². The van der Waals surface area contributed by atoms with Crippen LogP contribution in [0.5, 0.6) is 0 Å². The fourth-order valence-corrected chi connectivity index (χ4v) is 2.07. The minimum atomic E-state index is -0.932. The van der Waals surface area contributed by atoms with Gasteiger partial charge in [0.2, 0.25) is 0 Å². The molecule has 0 amide bonds. The number of hydrogen-bond donors (Lipinski definition) is 2. The molecule has 86 valence electrons. The van der Waals surface area contributed by atoms with Crippen LogP contribution in [0, 0.1) is 0 Å². The molecule has 3 N–H and O–H groups in total. The predicted molar refractivity (Wildman–Crippen MR) is 61.0 cm³/mol. The summed E-state index contributed by atoms with van der Waals surface area (Å²) in [6.07, 6.45) is 0.975. The van der Waals surface area contributed by atoms with Crippen molar-refractivity contribution >= 4 is 5.97 Å². The van der Waals surface area contributed by atoms with Gasteiger partial charge in [0.05, 0.1) is 0 Å². The van der Waals surface area contributed by atoms with Crippen LogP contribution in [0.25, 0.3) is 0 Å². The standard InChI is InChI=1S/C12H16N2O2/c13-11(12(15)16)8-14-6-5-9-3-1-2-4-10(9)7-14/h1-4,11H,5-8,13H2,(H,15,16)/t11-/m0/s1. The highest BCUT2D eigenvalue weighted by atomic mass is 16.4. The maximum absolute atomic E-state index is 10.7. The van der Waals surface area contributed by atoms with E-state index in [0.717, 1.165) is 19.5 Å². The summed E-state index contributed by atoms with van der Waals surface area (Å²) in [6, 6.07) is 7.49. The van der Waals surface area contributed by atoms with E-state index in [2.05, 4.69) is 17.0 Å². The zero-order valence-corrected chi connectivity index (χ0v) is 9.10. The molecular formula is C12H16N2O2. The van der Waals surface area contributed by atoms with Crippen molar-refractivity contribution in [3.63, 3.8) is 0 Å². The Bertz CT molecular complexity index is 392. The van der Waals surface area contributed by atoms with Gasteiger partial charge in [-0.15, -0.1) is 0 Å². The number of aliphatic carboxylic acids is 1. The number of rotatable bonds is 3. The summed E-state index contributed by atoms with van der Waals surface area (Å²) in [5.41, 5.74) is 8.17. The van der Waals surface area contributed by atoms with Crippen LogP contribution in [-0.2, 0) is 17.8 Å². The average Bonchev–Trinajstić information content (AvgIpc) is 2.28. The monoisotopic (exact) mass is 220 g/mol. The van der Waals surface area contributed by atoms with Crippen molar-refractivity contribution in [3.8, 4) is 0 Å². The maximum atomic E-state index is 10.7. The average molecular weight is 220 g/mol. The molecule has 0 unspecified atom stereocenters. The number of carbonyl (C=O) groups is 1. The molecule has 0 spiro atoms. The lowest BCUT2D eigenvalue weighted by Gasteiger charge is -2.29. The van der Waals surface area contributed by atoms with Crippen molar-refractivity contribution in [1.82, 2.24) is 4.90 Å². The summed E-state index contributed by atoms with van der Waals surface area (Å²) >= 11 is 0. The van der Waals surface area contributed by atoms with Gasteiger partial charge in [0, 0.05) is 19.6 Å². The first-order chi connectivity index (χ1) is 7.66. The van der Waals surface area contributed by atoms with E-state index in [0.29, 0.717) is 6.54 Å². The zero-order valence-electron chi connectivity index (χ0n) is 9.10. The molecule has 16 heavy (non-hydrogen) atoms. The maximum Gasteiger partial charge on any atom is 0.321 e. The summed E-state index contributed by atoms with van der Waals surface area (Å²) in [6.45, 7) is 2.11. The van der Waals surface area contributed by atoms with Gasteiger partial charge >= 0.3 is 5.97 Å². The number of carboxylic acid groups (broad SMARTS) is 1. The molecule has 1 aliphatic heterocycles. The number of hydrogen-bond acceptors (Lipinski definition) is 3. The minimum Gasteiger partial charge on any atom is -0.480 e. The molecule has 0 saturated carbocycles. The molecule has 0 fully saturated rings. The summed E-state index contributed by atoms with van der Waals surface area (Å²) in [7, 11) is 0. The first kappa shape index (κ1) is 11.1. The Balaban J connectivity index is 2.00. The Morgan fingerprint density at radius 1 is 1.44 bits per heavy atom. The number of benzene rings is 1. The third-order valence-electron chi connectivity index (χ3n) is 2.98. The largest absolute Gasteiger partial charge is 0.480 e. The third kappa shape index (κ3) is 2.40. The van der Waals surface area contributed by atoms with E-state index >= 15 is 0 Å². The van der Waals surface area contributed by atoms with Crippen LogP contribution in [0.3, 0.4) is 0 Å². The van der Waals surface area contributed by atoms with Crippen LogP contribution < -0.4 is 5.73 Å². The zero-order chi connectivity index (χ0) is 11.5. The Hall–Kier alpha value is -1.39.